The van der Waals surface area contributed by atoms with Crippen LogP contribution >= 0.6 is 21.9 Å². The van der Waals surface area contributed by atoms with Gasteiger partial charge < -0.3 is 14.6 Å². The minimum absolute atomic E-state index is 0.0700. The van der Waals surface area contributed by atoms with Crippen molar-refractivity contribution in [2.24, 2.45) is 5.92 Å². The van der Waals surface area contributed by atoms with Gasteiger partial charge >= 0.3 is 5.97 Å². The third-order valence-electron chi connectivity index (χ3n) is 7.56. The van der Waals surface area contributed by atoms with Crippen molar-refractivity contribution >= 4 is 38.0 Å². The SMILES string of the molecule is CC#C[C@@H](CC(=O)O)c1ccc(OCc2ccc3scc(-c4ccc(OCC5CCS(O)(O)CC5)cc4C)c3c2)nc1. The zero-order valence-electron chi connectivity index (χ0n) is 23.7. The number of fused-ring (bicyclic) bond motifs is 1. The Kier molecular flexibility index (Phi) is 9.39. The largest absolute Gasteiger partial charge is 0.493 e. The number of aryl methyl sites for hydroxylation is 1. The maximum Gasteiger partial charge on any atom is 0.304 e. The number of pyridine rings is 1. The summed E-state index contributed by atoms with van der Waals surface area (Å²) in [5.41, 5.74) is 5.23. The normalized spacial score (nSPS) is 16.3. The van der Waals surface area contributed by atoms with E-state index in [9.17, 15) is 13.9 Å². The van der Waals surface area contributed by atoms with Gasteiger partial charge in [-0.15, -0.1) is 17.3 Å². The summed E-state index contributed by atoms with van der Waals surface area (Å²) in [6, 6.07) is 16.1. The fourth-order valence-electron chi connectivity index (χ4n) is 5.18. The van der Waals surface area contributed by atoms with Gasteiger partial charge in [-0.3, -0.25) is 13.9 Å². The zero-order chi connectivity index (χ0) is 29.7. The minimum Gasteiger partial charge on any atom is -0.493 e. The lowest BCUT2D eigenvalue weighted by molar-refractivity contribution is -0.137. The molecule has 1 fully saturated rings. The summed E-state index contributed by atoms with van der Waals surface area (Å²) in [5.74, 6) is 7.04. The average Bonchev–Trinajstić information content (AvgIpc) is 3.38. The molecule has 0 bridgehead atoms. The summed E-state index contributed by atoms with van der Waals surface area (Å²) in [5, 5.41) is 12.5. The molecule has 5 rings (SSSR count). The van der Waals surface area contributed by atoms with E-state index in [4.69, 9.17) is 14.6 Å². The van der Waals surface area contributed by atoms with Crippen molar-refractivity contribution in [1.82, 2.24) is 4.98 Å². The number of carbonyl (C=O) groups is 1. The Labute approximate surface area is 251 Å². The van der Waals surface area contributed by atoms with Gasteiger partial charge in [0.1, 0.15) is 12.4 Å². The molecule has 0 unspecified atom stereocenters. The molecule has 7 nitrogen and oxygen atoms in total. The Hall–Kier alpha value is -3.55. The highest BCUT2D eigenvalue weighted by atomic mass is 32.3. The second-order valence-corrected chi connectivity index (χ2v) is 14.0. The standard InChI is InChI=1S/C33H35NO6S2/c1-3-4-25(17-33(35)36)26-6-10-32(34-18-26)40-20-24-5-9-31-29(16-24)30(21-41-31)28-8-7-27(15-22(28)2)39-19-23-11-13-42(37,38)14-12-23/h5-10,15-16,18,21,23,25,37-38H,11-14,17,19-20H2,1-2H3,(H,35,36)/t25-/m0/s1. The van der Waals surface area contributed by atoms with E-state index >= 15 is 0 Å². The van der Waals surface area contributed by atoms with Crippen LogP contribution in [0.2, 0.25) is 0 Å². The summed E-state index contributed by atoms with van der Waals surface area (Å²) in [7, 11) is -2.37. The van der Waals surface area contributed by atoms with Crippen LogP contribution in [-0.4, -0.2) is 43.3 Å². The number of aliphatic carboxylic acids is 1. The second-order valence-electron chi connectivity index (χ2n) is 10.7. The highest BCUT2D eigenvalue weighted by molar-refractivity contribution is 8.24. The molecule has 1 aliphatic rings. The predicted molar refractivity (Wildman–Crippen MR) is 170 cm³/mol. The Morgan fingerprint density at radius 2 is 1.90 bits per heavy atom. The van der Waals surface area contributed by atoms with Gasteiger partial charge in [-0.05, 0) is 84.5 Å². The molecule has 3 N–H and O–H groups in total. The molecular weight excluding hydrogens is 570 g/mol. The quantitative estimate of drug-likeness (QED) is 0.157. The zero-order valence-corrected chi connectivity index (χ0v) is 25.3. The molecule has 42 heavy (non-hydrogen) atoms. The van der Waals surface area contributed by atoms with Crippen LogP contribution in [-0.2, 0) is 11.4 Å². The summed E-state index contributed by atoms with van der Waals surface area (Å²) in [6.07, 6.45) is 3.14. The second kappa shape index (κ2) is 13.2. The van der Waals surface area contributed by atoms with Gasteiger partial charge in [0, 0.05) is 39.4 Å². The molecule has 2 aromatic carbocycles. The number of hydrogen-bond donors (Lipinski definition) is 3. The van der Waals surface area contributed by atoms with Crippen LogP contribution in [0.1, 0.15) is 48.8 Å². The molecule has 0 radical (unpaired) electrons. The van der Waals surface area contributed by atoms with Crippen LogP contribution in [0.4, 0.5) is 0 Å². The Bertz CT molecular complexity index is 1610. The number of benzene rings is 2. The molecule has 3 heterocycles. The lowest BCUT2D eigenvalue weighted by Gasteiger charge is -2.39. The summed E-state index contributed by atoms with van der Waals surface area (Å²) < 4.78 is 32.9. The van der Waals surface area contributed by atoms with Crippen molar-refractivity contribution in [3.05, 3.63) is 76.8 Å². The van der Waals surface area contributed by atoms with Crippen molar-refractivity contribution < 1.29 is 28.5 Å². The molecule has 0 amide bonds. The Balaban J connectivity index is 1.24. The van der Waals surface area contributed by atoms with E-state index in [-0.39, 0.29) is 6.42 Å². The van der Waals surface area contributed by atoms with Crippen LogP contribution < -0.4 is 9.47 Å². The van der Waals surface area contributed by atoms with E-state index in [0.29, 0.717) is 36.5 Å². The van der Waals surface area contributed by atoms with Gasteiger partial charge in [-0.1, -0.05) is 24.1 Å². The van der Waals surface area contributed by atoms with Crippen LogP contribution in [0.5, 0.6) is 11.6 Å². The van der Waals surface area contributed by atoms with Crippen molar-refractivity contribution in [3.63, 3.8) is 0 Å². The number of aromatic nitrogens is 1. The average molecular weight is 606 g/mol. The van der Waals surface area contributed by atoms with E-state index in [0.717, 1.165) is 46.2 Å². The molecule has 2 aromatic heterocycles. The predicted octanol–water partition coefficient (Wildman–Crippen LogP) is 7.97. The van der Waals surface area contributed by atoms with Gasteiger partial charge in [0.2, 0.25) is 5.88 Å². The number of thiophene rings is 1. The van der Waals surface area contributed by atoms with Crippen molar-refractivity contribution in [1.29, 1.82) is 0 Å². The number of rotatable bonds is 10. The number of hydrogen-bond acceptors (Lipinski definition) is 7. The Morgan fingerprint density at radius 1 is 1.10 bits per heavy atom. The smallest absolute Gasteiger partial charge is 0.304 e. The lowest BCUT2D eigenvalue weighted by atomic mass is 9.98. The van der Waals surface area contributed by atoms with E-state index < -0.39 is 22.5 Å². The first-order chi connectivity index (χ1) is 20.2. The highest BCUT2D eigenvalue weighted by Crippen LogP contribution is 2.45. The fraction of sp³-hybridized carbons (Fsp3) is 0.333. The minimum atomic E-state index is -2.37. The van der Waals surface area contributed by atoms with Gasteiger partial charge in [0.25, 0.3) is 0 Å². The van der Waals surface area contributed by atoms with E-state index in [1.165, 1.54) is 10.3 Å². The summed E-state index contributed by atoms with van der Waals surface area (Å²) in [4.78, 5) is 15.6. The van der Waals surface area contributed by atoms with Crippen LogP contribution in [0.15, 0.2) is 60.1 Å². The molecule has 1 aliphatic heterocycles. The third-order valence-corrected chi connectivity index (χ3v) is 10.3. The van der Waals surface area contributed by atoms with E-state index in [1.54, 1.807) is 30.5 Å². The molecule has 220 valence electrons. The topological polar surface area (TPSA) is 109 Å². The molecule has 9 heteroatoms. The van der Waals surface area contributed by atoms with Crippen molar-refractivity contribution in [3.8, 4) is 34.6 Å². The van der Waals surface area contributed by atoms with Crippen LogP contribution in [0.3, 0.4) is 0 Å². The molecule has 1 saturated heterocycles. The molecule has 0 saturated carbocycles. The monoisotopic (exact) mass is 605 g/mol. The highest BCUT2D eigenvalue weighted by Gasteiger charge is 2.24. The third kappa shape index (κ3) is 7.44. The van der Waals surface area contributed by atoms with Gasteiger partial charge in [0.05, 0.1) is 18.9 Å². The van der Waals surface area contributed by atoms with Crippen molar-refractivity contribution in [2.75, 3.05) is 18.1 Å². The van der Waals surface area contributed by atoms with Crippen molar-refractivity contribution in [2.45, 2.75) is 45.6 Å². The van der Waals surface area contributed by atoms with Gasteiger partial charge in [-0.25, -0.2) is 4.98 Å². The van der Waals surface area contributed by atoms with Gasteiger partial charge in [0.15, 0.2) is 0 Å². The number of carboxylic acids is 1. The first-order valence-electron chi connectivity index (χ1n) is 13.9. The van der Waals surface area contributed by atoms with E-state index in [2.05, 4.69) is 59.5 Å². The summed E-state index contributed by atoms with van der Waals surface area (Å²) >= 11 is 1.71. The first-order valence-corrected chi connectivity index (χ1v) is 16.7. The molecule has 0 aliphatic carbocycles. The van der Waals surface area contributed by atoms with Gasteiger partial charge in [-0.2, -0.15) is 10.6 Å². The first kappa shape index (κ1) is 29.9. The van der Waals surface area contributed by atoms with E-state index in [1.807, 2.05) is 12.1 Å². The Morgan fingerprint density at radius 3 is 2.60 bits per heavy atom. The van der Waals surface area contributed by atoms with Crippen LogP contribution in [0, 0.1) is 24.7 Å². The molecule has 4 aromatic rings. The number of nitrogens with zero attached hydrogens (tertiary/aromatic N) is 1. The number of ether oxygens (including phenoxy) is 2. The lowest BCUT2D eigenvalue weighted by Crippen LogP contribution is -2.24. The maximum absolute atomic E-state index is 11.2. The molecule has 0 spiro atoms. The molecular formula is C33H35NO6S2. The van der Waals surface area contributed by atoms with Crippen LogP contribution in [0.25, 0.3) is 21.2 Å². The molecule has 1 atom stereocenters. The summed E-state index contributed by atoms with van der Waals surface area (Å²) in [6.45, 7) is 4.73. The number of carboxylic acid groups (broad SMARTS) is 1. The fourth-order valence-corrected chi connectivity index (χ4v) is 7.75. The maximum atomic E-state index is 11.2.